The van der Waals surface area contributed by atoms with Crippen LogP contribution in [0.1, 0.15) is 45.0 Å². The van der Waals surface area contributed by atoms with Crippen molar-refractivity contribution in [2.45, 2.75) is 46.6 Å². The molecule has 0 N–H and O–H groups in total. The first-order valence-corrected chi connectivity index (χ1v) is 9.60. The molecule has 0 unspecified atom stereocenters. The number of rotatable bonds is 10. The number of imidazole rings is 1. The second-order valence-electron chi connectivity index (χ2n) is 6.41. The quantitative estimate of drug-likeness (QED) is 0.478. The molecule has 142 valence electrons. The minimum absolute atomic E-state index is 0.349. The van der Waals surface area contributed by atoms with E-state index < -0.39 is 0 Å². The van der Waals surface area contributed by atoms with Crippen LogP contribution in [0.5, 0.6) is 0 Å². The van der Waals surface area contributed by atoms with Gasteiger partial charge in [0.05, 0.1) is 18.1 Å². The summed E-state index contributed by atoms with van der Waals surface area (Å²) in [6, 6.07) is 6.18. The fourth-order valence-electron chi connectivity index (χ4n) is 3.09. The number of aryl methyl sites for hydroxylation is 1. The maximum Gasteiger partial charge on any atom is 0.330 e. The number of nitrogens with zero attached hydrogens (tertiary/aromatic N) is 3. The number of aromatic nitrogens is 2. The maximum atomic E-state index is 11.3. The molecule has 0 amide bonds. The topological polar surface area (TPSA) is 47.4 Å². The van der Waals surface area contributed by atoms with Crippen LogP contribution in [0, 0.1) is 0 Å². The van der Waals surface area contributed by atoms with Gasteiger partial charge < -0.3 is 14.2 Å². The van der Waals surface area contributed by atoms with E-state index in [1.54, 1.807) is 6.08 Å². The van der Waals surface area contributed by atoms with Gasteiger partial charge in [-0.25, -0.2) is 9.78 Å². The normalized spacial score (nSPS) is 11.7. The van der Waals surface area contributed by atoms with E-state index in [1.807, 2.05) is 12.1 Å². The lowest BCUT2D eigenvalue weighted by molar-refractivity contribution is -0.134. The first-order valence-electron chi connectivity index (χ1n) is 9.60. The van der Waals surface area contributed by atoms with Crippen LogP contribution in [0.15, 0.2) is 24.3 Å². The lowest BCUT2D eigenvalue weighted by Crippen LogP contribution is -2.27. The molecule has 5 nitrogen and oxygen atoms in total. The van der Waals surface area contributed by atoms with Gasteiger partial charge in [0.25, 0.3) is 0 Å². The van der Waals surface area contributed by atoms with Crippen LogP contribution in [0.25, 0.3) is 17.1 Å². The minimum Gasteiger partial charge on any atom is -0.466 e. The van der Waals surface area contributed by atoms with Gasteiger partial charge in [0, 0.05) is 25.6 Å². The van der Waals surface area contributed by atoms with E-state index >= 15 is 0 Å². The summed E-state index contributed by atoms with van der Waals surface area (Å²) in [4.78, 5) is 18.6. The van der Waals surface area contributed by atoms with Gasteiger partial charge in [-0.3, -0.25) is 0 Å². The van der Waals surface area contributed by atoms with E-state index in [4.69, 9.17) is 4.98 Å². The highest BCUT2D eigenvalue weighted by Crippen LogP contribution is 2.20. The van der Waals surface area contributed by atoms with Crippen molar-refractivity contribution in [1.29, 1.82) is 0 Å². The van der Waals surface area contributed by atoms with Gasteiger partial charge in [0.15, 0.2) is 0 Å². The van der Waals surface area contributed by atoms with Gasteiger partial charge in [-0.2, -0.15) is 0 Å². The Balaban J connectivity index is 2.31. The van der Waals surface area contributed by atoms with Crippen molar-refractivity contribution in [3.05, 3.63) is 35.7 Å². The SMILES string of the molecule is CCCCc1nc2cc(/C=C/C(=O)OC)ccc2n1CCN(CC)CC. The summed E-state index contributed by atoms with van der Waals surface area (Å²) in [5.41, 5.74) is 3.11. The zero-order valence-corrected chi connectivity index (χ0v) is 16.5. The third-order valence-corrected chi connectivity index (χ3v) is 4.75. The molecule has 0 aliphatic carbocycles. The molecule has 2 aromatic rings. The van der Waals surface area contributed by atoms with Crippen LogP contribution < -0.4 is 0 Å². The van der Waals surface area contributed by atoms with E-state index in [9.17, 15) is 4.79 Å². The van der Waals surface area contributed by atoms with Gasteiger partial charge in [0.1, 0.15) is 5.82 Å². The number of benzene rings is 1. The first kappa shape index (κ1) is 20.2. The Morgan fingerprint density at radius 3 is 2.69 bits per heavy atom. The molecule has 0 atom stereocenters. The predicted molar refractivity (Wildman–Crippen MR) is 107 cm³/mol. The molecule has 0 aliphatic heterocycles. The van der Waals surface area contributed by atoms with E-state index in [0.717, 1.165) is 62.3 Å². The molecular weight excluding hydrogens is 326 g/mol. The second-order valence-corrected chi connectivity index (χ2v) is 6.41. The van der Waals surface area contributed by atoms with Crippen LogP contribution in [0.3, 0.4) is 0 Å². The molecule has 0 bridgehead atoms. The minimum atomic E-state index is -0.349. The number of esters is 1. The van der Waals surface area contributed by atoms with Crippen molar-refractivity contribution in [2.24, 2.45) is 0 Å². The van der Waals surface area contributed by atoms with Crippen molar-refractivity contribution in [3.8, 4) is 0 Å². The number of fused-ring (bicyclic) bond motifs is 1. The molecule has 0 fully saturated rings. The van der Waals surface area contributed by atoms with Crippen LogP contribution in [-0.2, 0) is 22.5 Å². The number of hydrogen-bond acceptors (Lipinski definition) is 4. The molecule has 1 aromatic heterocycles. The Morgan fingerprint density at radius 2 is 2.04 bits per heavy atom. The summed E-state index contributed by atoms with van der Waals surface area (Å²) >= 11 is 0. The van der Waals surface area contributed by atoms with Crippen LogP contribution >= 0.6 is 0 Å². The number of carbonyl (C=O) groups excluding carboxylic acids is 1. The maximum absolute atomic E-state index is 11.3. The molecular formula is C21H31N3O2. The van der Waals surface area contributed by atoms with E-state index in [-0.39, 0.29) is 5.97 Å². The number of ether oxygens (including phenoxy) is 1. The molecule has 0 spiro atoms. The van der Waals surface area contributed by atoms with Gasteiger partial charge >= 0.3 is 5.97 Å². The van der Waals surface area contributed by atoms with Crippen molar-refractivity contribution >= 4 is 23.1 Å². The largest absolute Gasteiger partial charge is 0.466 e. The van der Waals surface area contributed by atoms with Crippen molar-refractivity contribution < 1.29 is 9.53 Å². The first-order chi connectivity index (χ1) is 12.6. The lowest BCUT2D eigenvalue weighted by atomic mass is 10.2. The molecule has 0 aliphatic rings. The van der Waals surface area contributed by atoms with Gasteiger partial charge in [-0.15, -0.1) is 0 Å². The van der Waals surface area contributed by atoms with Crippen molar-refractivity contribution in [3.63, 3.8) is 0 Å². The number of hydrogen-bond donors (Lipinski definition) is 0. The molecule has 0 saturated heterocycles. The predicted octanol–water partition coefficient (Wildman–Crippen LogP) is 3.91. The molecule has 1 aromatic carbocycles. The number of unbranched alkanes of at least 4 members (excludes halogenated alkanes) is 1. The third-order valence-electron chi connectivity index (χ3n) is 4.75. The molecule has 5 heteroatoms. The molecule has 0 radical (unpaired) electrons. The van der Waals surface area contributed by atoms with Crippen LogP contribution in [0.2, 0.25) is 0 Å². The van der Waals surface area contributed by atoms with Crippen molar-refractivity contribution in [1.82, 2.24) is 14.5 Å². The van der Waals surface area contributed by atoms with Crippen LogP contribution in [0.4, 0.5) is 0 Å². The molecule has 26 heavy (non-hydrogen) atoms. The van der Waals surface area contributed by atoms with E-state index in [0.29, 0.717) is 0 Å². The highest BCUT2D eigenvalue weighted by Gasteiger charge is 2.12. The Hall–Kier alpha value is -2.14. The summed E-state index contributed by atoms with van der Waals surface area (Å²) in [5, 5.41) is 0. The standard InChI is InChI=1S/C21H31N3O2/c1-5-8-9-20-22-18-16-17(11-13-21(25)26-4)10-12-19(18)24(20)15-14-23(6-2)7-3/h10-13,16H,5-9,14-15H2,1-4H3/b13-11+. The van der Waals surface area contributed by atoms with Crippen molar-refractivity contribution in [2.75, 3.05) is 26.7 Å². The Kier molecular flexibility index (Phi) is 7.85. The van der Waals surface area contributed by atoms with Gasteiger partial charge in [-0.05, 0) is 43.3 Å². The summed E-state index contributed by atoms with van der Waals surface area (Å²) in [7, 11) is 1.38. The zero-order chi connectivity index (χ0) is 18.9. The lowest BCUT2D eigenvalue weighted by Gasteiger charge is -2.19. The Morgan fingerprint density at radius 1 is 1.27 bits per heavy atom. The summed E-state index contributed by atoms with van der Waals surface area (Å²) in [6.07, 6.45) is 6.51. The molecule has 1 heterocycles. The van der Waals surface area contributed by atoms with E-state index in [1.165, 1.54) is 18.7 Å². The number of methoxy groups -OCH3 is 1. The highest BCUT2D eigenvalue weighted by molar-refractivity contribution is 5.88. The number of carbonyl (C=O) groups is 1. The third kappa shape index (κ3) is 5.18. The Bertz CT molecular complexity index is 745. The average molecular weight is 357 g/mol. The highest BCUT2D eigenvalue weighted by atomic mass is 16.5. The van der Waals surface area contributed by atoms with E-state index in [2.05, 4.69) is 41.0 Å². The van der Waals surface area contributed by atoms with Gasteiger partial charge in [0.2, 0.25) is 0 Å². The Labute approximate surface area is 156 Å². The fourth-order valence-corrected chi connectivity index (χ4v) is 3.09. The monoisotopic (exact) mass is 357 g/mol. The zero-order valence-electron chi connectivity index (χ0n) is 16.5. The fraction of sp³-hybridized carbons (Fsp3) is 0.524. The molecule has 0 saturated carbocycles. The summed E-state index contributed by atoms with van der Waals surface area (Å²) in [6.45, 7) is 10.7. The van der Waals surface area contributed by atoms with Crippen LogP contribution in [-0.4, -0.2) is 47.2 Å². The summed E-state index contributed by atoms with van der Waals surface area (Å²) in [5.74, 6) is 0.807. The smallest absolute Gasteiger partial charge is 0.330 e. The van der Waals surface area contributed by atoms with Gasteiger partial charge in [-0.1, -0.05) is 33.3 Å². The average Bonchev–Trinajstić information content (AvgIpc) is 3.01. The number of likely N-dealkylation sites (N-methyl/N-ethyl adjacent to an activating group) is 1. The second kappa shape index (κ2) is 10.1. The molecule has 2 rings (SSSR count). The summed E-state index contributed by atoms with van der Waals surface area (Å²) < 4.78 is 7.01.